The molecule has 0 atom stereocenters. The lowest BCUT2D eigenvalue weighted by Crippen LogP contribution is -2.30. The maximum absolute atomic E-state index is 13.7. The number of fused-ring (bicyclic) bond motifs is 1. The summed E-state index contributed by atoms with van der Waals surface area (Å²) in [5, 5.41) is 0.668. The second-order valence-corrected chi connectivity index (χ2v) is 9.75. The highest BCUT2D eigenvalue weighted by Gasteiger charge is 2.23. The number of hydrogen-bond donors (Lipinski definition) is 0. The molecule has 3 aromatic carbocycles. The Bertz CT molecular complexity index is 1210. The van der Waals surface area contributed by atoms with Gasteiger partial charge >= 0.3 is 0 Å². The molecule has 4 rings (SSSR count). The van der Waals surface area contributed by atoms with Crippen molar-refractivity contribution in [2.75, 3.05) is 11.5 Å². The van der Waals surface area contributed by atoms with E-state index in [-0.39, 0.29) is 11.3 Å². The first-order chi connectivity index (χ1) is 15.4. The molecule has 1 aromatic heterocycles. The van der Waals surface area contributed by atoms with Crippen LogP contribution in [-0.2, 0) is 12.0 Å². The van der Waals surface area contributed by atoms with Gasteiger partial charge in [0.2, 0.25) is 0 Å². The van der Waals surface area contributed by atoms with E-state index in [1.54, 1.807) is 4.90 Å². The fraction of sp³-hybridized carbons (Fsp3) is 0.259. The first kappa shape index (κ1) is 22.0. The van der Waals surface area contributed by atoms with Gasteiger partial charge in [-0.3, -0.25) is 9.69 Å². The zero-order valence-electron chi connectivity index (χ0n) is 19.0. The molecule has 32 heavy (non-hydrogen) atoms. The molecule has 0 saturated heterocycles. The maximum atomic E-state index is 13.7. The van der Waals surface area contributed by atoms with Gasteiger partial charge < -0.3 is 4.74 Å². The monoisotopic (exact) mass is 444 g/mol. The van der Waals surface area contributed by atoms with Crippen molar-refractivity contribution >= 4 is 32.6 Å². The topological polar surface area (TPSA) is 42.4 Å². The Morgan fingerprint density at radius 1 is 0.969 bits per heavy atom. The molecule has 0 bridgehead atoms. The second kappa shape index (κ2) is 9.13. The van der Waals surface area contributed by atoms with Crippen LogP contribution in [0.3, 0.4) is 0 Å². The molecule has 0 fully saturated rings. The van der Waals surface area contributed by atoms with Crippen molar-refractivity contribution in [1.82, 2.24) is 4.98 Å². The molecule has 0 aliphatic rings. The highest BCUT2D eigenvalue weighted by molar-refractivity contribution is 7.22. The normalized spacial score (nSPS) is 11.5. The molecule has 0 aliphatic carbocycles. The third-order valence-electron chi connectivity index (χ3n) is 5.33. The zero-order valence-corrected chi connectivity index (χ0v) is 19.8. The summed E-state index contributed by atoms with van der Waals surface area (Å²) >= 11 is 1.51. The van der Waals surface area contributed by atoms with Gasteiger partial charge in [0.25, 0.3) is 5.91 Å². The number of rotatable bonds is 6. The molecule has 164 valence electrons. The molecule has 0 saturated carbocycles. The molecule has 0 unspecified atom stereocenters. The quantitative estimate of drug-likeness (QED) is 0.327. The van der Waals surface area contributed by atoms with Crippen LogP contribution in [0.1, 0.15) is 49.2 Å². The molecule has 4 aromatic rings. The molecule has 1 amide bonds. The van der Waals surface area contributed by atoms with Crippen LogP contribution in [0.2, 0.25) is 0 Å². The van der Waals surface area contributed by atoms with Crippen molar-refractivity contribution in [3.63, 3.8) is 0 Å². The smallest absolute Gasteiger partial charge is 0.260 e. The molecule has 0 N–H and O–H groups in total. The second-order valence-electron chi connectivity index (χ2n) is 8.74. The van der Waals surface area contributed by atoms with Crippen LogP contribution in [0.4, 0.5) is 5.13 Å². The number of hydrogen-bond acceptors (Lipinski definition) is 4. The summed E-state index contributed by atoms with van der Waals surface area (Å²) < 4.78 is 6.76. The van der Waals surface area contributed by atoms with E-state index >= 15 is 0 Å². The van der Waals surface area contributed by atoms with Crippen LogP contribution in [0, 0.1) is 0 Å². The number of ether oxygens (including phenoxy) is 1. The van der Waals surface area contributed by atoms with E-state index in [4.69, 9.17) is 9.72 Å². The average Bonchev–Trinajstić information content (AvgIpc) is 3.22. The predicted molar refractivity (Wildman–Crippen MR) is 133 cm³/mol. The number of amides is 1. The molecule has 0 radical (unpaired) electrons. The lowest BCUT2D eigenvalue weighted by molar-refractivity contribution is 0.0985. The van der Waals surface area contributed by atoms with Crippen molar-refractivity contribution in [2.45, 2.75) is 39.7 Å². The van der Waals surface area contributed by atoms with Crippen molar-refractivity contribution in [3.05, 3.63) is 89.5 Å². The van der Waals surface area contributed by atoms with Gasteiger partial charge in [0, 0.05) is 5.56 Å². The fourth-order valence-electron chi connectivity index (χ4n) is 3.56. The number of thiazole rings is 1. The first-order valence-electron chi connectivity index (χ1n) is 10.9. The van der Waals surface area contributed by atoms with Crippen molar-refractivity contribution in [3.8, 4) is 5.75 Å². The van der Waals surface area contributed by atoms with Crippen LogP contribution >= 0.6 is 11.3 Å². The van der Waals surface area contributed by atoms with Gasteiger partial charge in [0.1, 0.15) is 11.3 Å². The highest BCUT2D eigenvalue weighted by atomic mass is 32.1. The zero-order chi connectivity index (χ0) is 22.7. The largest absolute Gasteiger partial charge is 0.492 e. The van der Waals surface area contributed by atoms with E-state index in [0.717, 1.165) is 21.5 Å². The molecular weight excluding hydrogens is 416 g/mol. The molecule has 1 heterocycles. The van der Waals surface area contributed by atoms with E-state index in [9.17, 15) is 4.79 Å². The Morgan fingerprint density at radius 2 is 1.69 bits per heavy atom. The predicted octanol–water partition coefficient (Wildman–Crippen LogP) is 6.84. The summed E-state index contributed by atoms with van der Waals surface area (Å²) in [5.41, 5.74) is 3.73. The molecule has 0 spiro atoms. The summed E-state index contributed by atoms with van der Waals surface area (Å²) in [6.45, 7) is 9.48. The van der Waals surface area contributed by atoms with Crippen LogP contribution in [0.5, 0.6) is 5.75 Å². The minimum Gasteiger partial charge on any atom is -0.492 e. The number of benzene rings is 3. The van der Waals surface area contributed by atoms with Crippen molar-refractivity contribution < 1.29 is 9.53 Å². The Morgan fingerprint density at radius 3 is 2.34 bits per heavy atom. The number of carbonyl (C=O) groups excluding carboxylic acids is 1. The third-order valence-corrected chi connectivity index (χ3v) is 6.37. The van der Waals surface area contributed by atoms with Gasteiger partial charge in [-0.25, -0.2) is 4.98 Å². The first-order valence-corrected chi connectivity index (χ1v) is 11.7. The van der Waals surface area contributed by atoms with E-state index < -0.39 is 0 Å². The molecule has 4 nitrogen and oxygen atoms in total. The summed E-state index contributed by atoms with van der Waals surface area (Å²) in [6, 6.07) is 23.8. The summed E-state index contributed by atoms with van der Waals surface area (Å²) in [4.78, 5) is 20.3. The number of anilines is 1. The van der Waals surface area contributed by atoms with Gasteiger partial charge in [0.15, 0.2) is 5.13 Å². The molecule has 0 aliphatic heterocycles. The highest BCUT2D eigenvalue weighted by Crippen LogP contribution is 2.35. The summed E-state index contributed by atoms with van der Waals surface area (Å²) in [5.74, 6) is 0.681. The third kappa shape index (κ3) is 4.68. The Kier molecular flexibility index (Phi) is 6.28. The van der Waals surface area contributed by atoms with Crippen LogP contribution in [0.15, 0.2) is 72.8 Å². The maximum Gasteiger partial charge on any atom is 0.260 e. The summed E-state index contributed by atoms with van der Waals surface area (Å²) in [7, 11) is 0. The number of carbonyl (C=O) groups is 1. The van der Waals surface area contributed by atoms with Gasteiger partial charge in [-0.2, -0.15) is 0 Å². The number of aromatic nitrogens is 1. The standard InChI is InChI=1S/C27H28N2O2S/c1-5-31-22-12-9-13-23-24(22)28-26(32-23)29(18-19-10-7-6-8-11-19)25(30)20-14-16-21(17-15-20)27(2,3)4/h6-17H,5,18H2,1-4H3. The minimum absolute atomic E-state index is 0.0357. The van der Waals surface area contributed by atoms with Crippen LogP contribution in [-0.4, -0.2) is 17.5 Å². The van der Waals surface area contributed by atoms with Crippen molar-refractivity contribution in [1.29, 1.82) is 0 Å². The van der Waals surface area contributed by atoms with Gasteiger partial charge in [-0.1, -0.05) is 80.6 Å². The minimum atomic E-state index is -0.0636. The fourth-order valence-corrected chi connectivity index (χ4v) is 4.54. The van der Waals surface area contributed by atoms with E-state index in [2.05, 4.69) is 20.8 Å². The lowest BCUT2D eigenvalue weighted by Gasteiger charge is -2.22. The van der Waals surface area contributed by atoms with E-state index in [1.807, 2.05) is 79.7 Å². The van der Waals surface area contributed by atoms with E-state index in [1.165, 1.54) is 16.9 Å². The Labute approximate surface area is 193 Å². The number of nitrogens with zero attached hydrogens (tertiary/aromatic N) is 2. The van der Waals surface area contributed by atoms with Crippen LogP contribution in [0.25, 0.3) is 10.2 Å². The Hall–Kier alpha value is -3.18. The van der Waals surface area contributed by atoms with Gasteiger partial charge in [-0.15, -0.1) is 0 Å². The van der Waals surface area contributed by atoms with Gasteiger partial charge in [0.05, 0.1) is 17.9 Å². The van der Waals surface area contributed by atoms with E-state index in [0.29, 0.717) is 23.8 Å². The van der Waals surface area contributed by atoms with Crippen molar-refractivity contribution in [2.24, 2.45) is 0 Å². The SMILES string of the molecule is CCOc1cccc2sc(N(Cc3ccccc3)C(=O)c3ccc(C(C)(C)C)cc3)nc12. The summed E-state index contributed by atoms with van der Waals surface area (Å²) in [6.07, 6.45) is 0. The van der Waals surface area contributed by atoms with Crippen LogP contribution < -0.4 is 9.64 Å². The number of para-hydroxylation sites is 1. The average molecular weight is 445 g/mol. The molecular formula is C27H28N2O2S. The Balaban J connectivity index is 1.74. The molecule has 5 heteroatoms. The van der Waals surface area contributed by atoms with Gasteiger partial charge in [-0.05, 0) is 47.7 Å². The lowest BCUT2D eigenvalue weighted by atomic mass is 9.86.